The van der Waals surface area contributed by atoms with E-state index in [9.17, 15) is 5.11 Å². The average molecular weight is 318 g/mol. The summed E-state index contributed by atoms with van der Waals surface area (Å²) in [5, 5.41) is 14.2. The summed E-state index contributed by atoms with van der Waals surface area (Å²) in [5.41, 5.74) is 5.79. The molecule has 1 atom stereocenters. The van der Waals surface area contributed by atoms with Crippen molar-refractivity contribution in [1.82, 2.24) is 10.4 Å². The van der Waals surface area contributed by atoms with Crippen LogP contribution >= 0.6 is 15.9 Å². The number of phenolic OH excluding ortho intramolecular Hbond substituents is 1. The zero-order valence-electron chi connectivity index (χ0n) is 10.0. The lowest BCUT2D eigenvalue weighted by molar-refractivity contribution is 0.474. The molecule has 5 heteroatoms. The van der Waals surface area contributed by atoms with E-state index in [0.29, 0.717) is 0 Å². The first-order valence-corrected chi connectivity index (χ1v) is 6.74. The van der Waals surface area contributed by atoms with Gasteiger partial charge in [0.25, 0.3) is 0 Å². The van der Waals surface area contributed by atoms with Gasteiger partial charge in [0.1, 0.15) is 5.75 Å². The molecule has 0 saturated heterocycles. The highest BCUT2D eigenvalue weighted by Gasteiger charge is 2.23. The van der Waals surface area contributed by atoms with Crippen LogP contribution in [0.3, 0.4) is 0 Å². The topological polar surface area (TPSA) is 57.5 Å². The van der Waals surface area contributed by atoms with E-state index >= 15 is 0 Å². The van der Waals surface area contributed by atoms with Gasteiger partial charge in [-0.25, -0.2) is 0 Å². The van der Waals surface area contributed by atoms with Gasteiger partial charge in [-0.3, -0.25) is 4.98 Å². The molecule has 0 fully saturated rings. The molecular formula is C14H12BrN3O. The Kier molecular flexibility index (Phi) is 3.21. The van der Waals surface area contributed by atoms with E-state index in [1.807, 2.05) is 24.4 Å². The monoisotopic (exact) mass is 317 g/mol. The molecule has 1 aliphatic rings. The number of nitrogens with zero attached hydrogens (tertiary/aromatic N) is 2. The van der Waals surface area contributed by atoms with Crippen molar-refractivity contribution in [3.63, 3.8) is 0 Å². The maximum absolute atomic E-state index is 9.91. The Morgan fingerprint density at radius 3 is 3.00 bits per heavy atom. The summed E-state index contributed by atoms with van der Waals surface area (Å²) in [7, 11) is 0. The molecule has 0 unspecified atom stereocenters. The minimum absolute atomic E-state index is 0.113. The number of nitrogens with one attached hydrogen (secondary N) is 1. The number of phenols is 1. The third-order valence-corrected chi connectivity index (χ3v) is 3.60. The summed E-state index contributed by atoms with van der Waals surface area (Å²) in [4.78, 5) is 4.11. The van der Waals surface area contributed by atoms with Crippen LogP contribution in [-0.4, -0.2) is 15.8 Å². The number of aromatic nitrogens is 1. The first-order chi connectivity index (χ1) is 9.24. The van der Waals surface area contributed by atoms with Crippen LogP contribution in [0.1, 0.15) is 23.6 Å². The van der Waals surface area contributed by atoms with E-state index in [1.165, 1.54) is 0 Å². The molecule has 0 aliphatic carbocycles. The fraction of sp³-hybridized carbons (Fsp3) is 0.143. The van der Waals surface area contributed by atoms with Crippen molar-refractivity contribution in [2.45, 2.75) is 12.5 Å². The smallest absolute Gasteiger partial charge is 0.124 e. The zero-order chi connectivity index (χ0) is 13.2. The van der Waals surface area contributed by atoms with Crippen molar-refractivity contribution in [2.24, 2.45) is 5.10 Å². The maximum atomic E-state index is 9.91. The highest BCUT2D eigenvalue weighted by Crippen LogP contribution is 2.29. The third-order valence-electron chi connectivity index (χ3n) is 3.11. The molecule has 96 valence electrons. The van der Waals surface area contributed by atoms with Crippen LogP contribution in [0.2, 0.25) is 0 Å². The molecule has 2 aromatic rings. The highest BCUT2D eigenvalue weighted by molar-refractivity contribution is 9.10. The molecule has 1 aromatic carbocycles. The molecule has 0 amide bonds. The second-order valence-electron chi connectivity index (χ2n) is 4.39. The fourth-order valence-corrected chi connectivity index (χ4v) is 2.49. The second kappa shape index (κ2) is 5.01. The number of halogens is 1. The van der Waals surface area contributed by atoms with E-state index < -0.39 is 0 Å². The van der Waals surface area contributed by atoms with Gasteiger partial charge in [-0.05, 0) is 29.8 Å². The average Bonchev–Trinajstić information content (AvgIpc) is 2.92. The highest BCUT2D eigenvalue weighted by atomic mass is 79.9. The van der Waals surface area contributed by atoms with E-state index in [1.54, 1.807) is 18.3 Å². The minimum Gasteiger partial charge on any atom is -0.507 e. The van der Waals surface area contributed by atoms with Crippen LogP contribution in [0.5, 0.6) is 5.75 Å². The normalized spacial score (nSPS) is 17.9. The van der Waals surface area contributed by atoms with Crippen LogP contribution in [0.25, 0.3) is 0 Å². The van der Waals surface area contributed by atoms with Gasteiger partial charge >= 0.3 is 0 Å². The Balaban J connectivity index is 1.84. The lowest BCUT2D eigenvalue weighted by atomic mass is 10.00. The standard InChI is InChI=1S/C14H12BrN3O/c15-10-3-4-14(19)11(6-10)13-7-12(17-18-13)9-2-1-5-16-8-9/h1-6,8,12,17,19H,7H2/t12-/m0/s1. The first kappa shape index (κ1) is 12.2. The zero-order valence-corrected chi connectivity index (χ0v) is 11.6. The Labute approximate surface area is 119 Å². The maximum Gasteiger partial charge on any atom is 0.124 e. The molecule has 0 spiro atoms. The summed E-state index contributed by atoms with van der Waals surface area (Å²) in [6.07, 6.45) is 4.31. The van der Waals surface area contributed by atoms with Crippen molar-refractivity contribution >= 4 is 21.6 Å². The van der Waals surface area contributed by atoms with Gasteiger partial charge in [-0.15, -0.1) is 0 Å². The third kappa shape index (κ3) is 2.46. The lowest BCUT2D eigenvalue weighted by Gasteiger charge is -2.09. The van der Waals surface area contributed by atoms with Gasteiger partial charge in [0.05, 0.1) is 11.8 Å². The summed E-state index contributed by atoms with van der Waals surface area (Å²) in [5.74, 6) is 0.246. The Morgan fingerprint density at radius 1 is 1.32 bits per heavy atom. The number of hydrazone groups is 1. The molecule has 19 heavy (non-hydrogen) atoms. The molecule has 2 heterocycles. The Hall–Kier alpha value is -1.88. The predicted octanol–water partition coefficient (Wildman–Crippen LogP) is 2.99. The largest absolute Gasteiger partial charge is 0.507 e. The molecule has 1 aliphatic heterocycles. The molecule has 4 nitrogen and oxygen atoms in total. The number of hydrogen-bond donors (Lipinski definition) is 2. The summed E-state index contributed by atoms with van der Waals surface area (Å²) >= 11 is 3.41. The van der Waals surface area contributed by atoms with Crippen LogP contribution in [-0.2, 0) is 0 Å². The van der Waals surface area contributed by atoms with E-state index in [-0.39, 0.29) is 11.8 Å². The fourth-order valence-electron chi connectivity index (χ4n) is 2.12. The Morgan fingerprint density at radius 2 is 2.21 bits per heavy atom. The van der Waals surface area contributed by atoms with Crippen molar-refractivity contribution in [1.29, 1.82) is 0 Å². The number of pyridine rings is 1. The molecule has 0 radical (unpaired) electrons. The molecule has 3 rings (SSSR count). The second-order valence-corrected chi connectivity index (χ2v) is 5.31. The van der Waals surface area contributed by atoms with Gasteiger partial charge in [-0.2, -0.15) is 5.10 Å². The van der Waals surface area contributed by atoms with Gasteiger partial charge in [0.15, 0.2) is 0 Å². The van der Waals surface area contributed by atoms with Crippen LogP contribution in [0, 0.1) is 0 Å². The number of hydrogen-bond acceptors (Lipinski definition) is 4. The molecule has 0 saturated carbocycles. The van der Waals surface area contributed by atoms with Gasteiger partial charge in [0, 0.05) is 28.9 Å². The summed E-state index contributed by atoms with van der Waals surface area (Å²) < 4.78 is 0.924. The van der Waals surface area contributed by atoms with E-state index in [0.717, 1.165) is 27.7 Å². The lowest BCUT2D eigenvalue weighted by Crippen LogP contribution is -2.10. The summed E-state index contributed by atoms with van der Waals surface area (Å²) in [6, 6.07) is 9.39. The minimum atomic E-state index is 0.113. The van der Waals surface area contributed by atoms with Crippen molar-refractivity contribution in [3.8, 4) is 5.75 Å². The summed E-state index contributed by atoms with van der Waals surface area (Å²) in [6.45, 7) is 0. The van der Waals surface area contributed by atoms with Gasteiger partial charge in [-0.1, -0.05) is 22.0 Å². The van der Waals surface area contributed by atoms with Crippen LogP contribution in [0.4, 0.5) is 0 Å². The quantitative estimate of drug-likeness (QED) is 0.895. The van der Waals surface area contributed by atoms with Crippen molar-refractivity contribution in [2.75, 3.05) is 0 Å². The van der Waals surface area contributed by atoms with Crippen LogP contribution < -0.4 is 5.43 Å². The number of aromatic hydroxyl groups is 1. The molecular weight excluding hydrogens is 306 g/mol. The SMILES string of the molecule is Oc1ccc(Br)cc1C1=NN[C@H](c2cccnc2)C1. The molecule has 2 N–H and O–H groups in total. The van der Waals surface area contributed by atoms with Gasteiger partial charge < -0.3 is 10.5 Å². The van der Waals surface area contributed by atoms with E-state index in [4.69, 9.17) is 0 Å². The van der Waals surface area contributed by atoms with E-state index in [2.05, 4.69) is 31.4 Å². The van der Waals surface area contributed by atoms with Gasteiger partial charge in [0.2, 0.25) is 0 Å². The van der Waals surface area contributed by atoms with Crippen molar-refractivity contribution < 1.29 is 5.11 Å². The van der Waals surface area contributed by atoms with Crippen LogP contribution in [0.15, 0.2) is 52.3 Å². The first-order valence-electron chi connectivity index (χ1n) is 5.95. The number of benzene rings is 1. The Bertz CT molecular complexity index is 628. The molecule has 0 bridgehead atoms. The molecule has 1 aromatic heterocycles. The number of rotatable bonds is 2. The predicted molar refractivity (Wildman–Crippen MR) is 77.1 cm³/mol. The van der Waals surface area contributed by atoms with Crippen molar-refractivity contribution in [3.05, 3.63) is 58.3 Å².